The Labute approximate surface area is 168 Å². The lowest BCUT2D eigenvalue weighted by Gasteiger charge is -2.25. The van der Waals surface area contributed by atoms with E-state index in [-0.39, 0.29) is 16.7 Å². The van der Waals surface area contributed by atoms with E-state index >= 15 is 0 Å². The Balaban J connectivity index is 1.55. The molecule has 1 saturated heterocycles. The molecule has 8 nitrogen and oxygen atoms in total. The van der Waals surface area contributed by atoms with Crippen molar-refractivity contribution in [2.75, 3.05) is 18.9 Å². The highest BCUT2D eigenvalue weighted by molar-refractivity contribution is 7.90. The van der Waals surface area contributed by atoms with Gasteiger partial charge >= 0.3 is 0 Å². The van der Waals surface area contributed by atoms with Crippen LogP contribution in [0.15, 0.2) is 57.8 Å². The Bertz CT molecular complexity index is 1110. The fraction of sp³-hybridized carbons (Fsp3) is 0.250. The summed E-state index contributed by atoms with van der Waals surface area (Å²) in [5, 5.41) is 5.39. The summed E-state index contributed by atoms with van der Waals surface area (Å²) in [6, 6.07) is 12.7. The van der Waals surface area contributed by atoms with Crippen molar-refractivity contribution in [3.8, 4) is 0 Å². The van der Waals surface area contributed by atoms with E-state index in [2.05, 4.69) is 15.0 Å². The number of hydrogen-bond acceptors (Lipinski definition) is 5. The monoisotopic (exact) mass is 412 g/mol. The lowest BCUT2D eigenvalue weighted by atomic mass is 10.1. The summed E-state index contributed by atoms with van der Waals surface area (Å²) >= 11 is 0. The minimum atomic E-state index is -3.74. The van der Waals surface area contributed by atoms with Crippen molar-refractivity contribution in [1.82, 2.24) is 10.2 Å². The number of amidine groups is 1. The predicted octanol–water partition coefficient (Wildman–Crippen LogP) is 1.60. The number of nitrogens with zero attached hydrogens (tertiary/aromatic N) is 2. The van der Waals surface area contributed by atoms with Gasteiger partial charge < -0.3 is 15.5 Å². The molecule has 1 atom stereocenters. The van der Waals surface area contributed by atoms with Gasteiger partial charge in [0, 0.05) is 30.4 Å². The molecule has 29 heavy (non-hydrogen) atoms. The second-order valence-electron chi connectivity index (χ2n) is 6.88. The van der Waals surface area contributed by atoms with E-state index in [1.54, 1.807) is 54.4 Å². The molecular weight excluding hydrogens is 392 g/mol. The van der Waals surface area contributed by atoms with E-state index in [0.717, 1.165) is 6.42 Å². The molecule has 1 fully saturated rings. The smallest absolute Gasteiger partial charge is 0.285 e. The van der Waals surface area contributed by atoms with Crippen molar-refractivity contribution in [3.05, 3.63) is 59.7 Å². The largest absolute Gasteiger partial charge is 0.355 e. The van der Waals surface area contributed by atoms with Gasteiger partial charge in [-0.2, -0.15) is 8.42 Å². The predicted molar refractivity (Wildman–Crippen MR) is 108 cm³/mol. The van der Waals surface area contributed by atoms with Gasteiger partial charge in [0.25, 0.3) is 15.9 Å². The molecule has 0 saturated carbocycles. The summed E-state index contributed by atoms with van der Waals surface area (Å²) in [5.74, 6) is -0.114. The molecule has 2 aromatic carbocycles. The highest BCUT2D eigenvalue weighted by Gasteiger charge is 2.39. The third-order valence-electron chi connectivity index (χ3n) is 5.08. The van der Waals surface area contributed by atoms with Crippen LogP contribution < -0.4 is 10.6 Å². The average Bonchev–Trinajstić information content (AvgIpc) is 3.31. The van der Waals surface area contributed by atoms with Crippen molar-refractivity contribution in [2.24, 2.45) is 4.40 Å². The average molecular weight is 412 g/mol. The topological polar surface area (TPSA) is 108 Å². The van der Waals surface area contributed by atoms with Crippen LogP contribution in [0.3, 0.4) is 0 Å². The number of amides is 2. The lowest BCUT2D eigenvalue weighted by molar-refractivity contribution is -0.119. The number of carbonyl (C=O) groups excluding carboxylic acids is 2. The quantitative estimate of drug-likeness (QED) is 0.796. The molecule has 0 unspecified atom stereocenters. The Morgan fingerprint density at radius 2 is 1.83 bits per heavy atom. The second-order valence-corrected chi connectivity index (χ2v) is 8.46. The number of anilines is 1. The number of likely N-dealkylation sites (tertiary alicyclic amines) is 1. The minimum Gasteiger partial charge on any atom is -0.355 e. The van der Waals surface area contributed by atoms with E-state index in [1.165, 1.54) is 6.07 Å². The summed E-state index contributed by atoms with van der Waals surface area (Å²) in [6.07, 6.45) is 1.36. The zero-order chi connectivity index (χ0) is 20.6. The molecule has 9 heteroatoms. The first-order valence-corrected chi connectivity index (χ1v) is 10.7. The standard InChI is InChI=1S/C20H20N4O4S/c1-21-19(25)13-8-10-14(11-9-13)22-20(26)16-6-4-12-24(16)18-15-5-2-3-7-17(15)29(27,28)23-18/h2-3,5,7-11,16H,4,6,12H2,1H3,(H,21,25)(H,22,26)/t16-/m0/s1. The molecule has 2 aliphatic heterocycles. The third kappa shape index (κ3) is 3.49. The van der Waals surface area contributed by atoms with E-state index in [1.807, 2.05) is 0 Å². The molecule has 0 bridgehead atoms. The normalized spacial score (nSPS) is 19.4. The molecule has 2 heterocycles. The highest BCUT2D eigenvalue weighted by atomic mass is 32.2. The summed E-state index contributed by atoms with van der Waals surface area (Å²) in [6.45, 7) is 0.552. The molecule has 4 rings (SSSR count). The molecule has 2 amide bonds. The molecule has 2 N–H and O–H groups in total. The van der Waals surface area contributed by atoms with Gasteiger partial charge in [0.15, 0.2) is 5.84 Å². The van der Waals surface area contributed by atoms with Crippen LogP contribution in [-0.4, -0.2) is 50.6 Å². The summed E-state index contributed by atoms with van der Waals surface area (Å²) in [4.78, 5) is 26.5. The van der Waals surface area contributed by atoms with Crippen LogP contribution in [0.2, 0.25) is 0 Å². The van der Waals surface area contributed by atoms with Gasteiger partial charge in [-0.3, -0.25) is 9.59 Å². The number of rotatable bonds is 3. The molecule has 0 aromatic heterocycles. The second kappa shape index (κ2) is 7.32. The van der Waals surface area contributed by atoms with Crippen molar-refractivity contribution in [1.29, 1.82) is 0 Å². The maximum Gasteiger partial charge on any atom is 0.285 e. The van der Waals surface area contributed by atoms with Gasteiger partial charge in [-0.1, -0.05) is 12.1 Å². The first-order valence-electron chi connectivity index (χ1n) is 9.25. The number of carbonyl (C=O) groups is 2. The SMILES string of the molecule is CNC(=O)c1ccc(NC(=O)[C@@H]2CCCN2C2=NS(=O)(=O)c3ccccc32)cc1. The molecule has 150 valence electrons. The first kappa shape index (κ1) is 19.1. The highest BCUT2D eigenvalue weighted by Crippen LogP contribution is 2.31. The van der Waals surface area contributed by atoms with E-state index in [0.29, 0.717) is 35.6 Å². The van der Waals surface area contributed by atoms with Crippen molar-refractivity contribution in [3.63, 3.8) is 0 Å². The summed E-state index contributed by atoms with van der Waals surface area (Å²) in [5.41, 5.74) is 1.59. The summed E-state index contributed by atoms with van der Waals surface area (Å²) < 4.78 is 28.6. The first-order chi connectivity index (χ1) is 13.9. The van der Waals surface area contributed by atoms with Crippen LogP contribution in [0.1, 0.15) is 28.8 Å². The van der Waals surface area contributed by atoms with E-state index < -0.39 is 16.1 Å². The van der Waals surface area contributed by atoms with Crippen LogP contribution in [0, 0.1) is 0 Å². The van der Waals surface area contributed by atoms with Gasteiger partial charge in [0.1, 0.15) is 10.9 Å². The lowest BCUT2D eigenvalue weighted by Crippen LogP contribution is -2.43. The molecular formula is C20H20N4O4S. The van der Waals surface area contributed by atoms with Crippen LogP contribution in [-0.2, 0) is 14.8 Å². The maximum absolute atomic E-state index is 12.9. The zero-order valence-corrected chi connectivity index (χ0v) is 16.6. The van der Waals surface area contributed by atoms with Crippen LogP contribution in [0.25, 0.3) is 0 Å². The summed E-state index contributed by atoms with van der Waals surface area (Å²) in [7, 11) is -2.19. The Hall–Kier alpha value is -3.20. The molecule has 2 aromatic rings. The van der Waals surface area contributed by atoms with Gasteiger partial charge in [0.05, 0.1) is 0 Å². The maximum atomic E-state index is 12.9. The third-order valence-corrected chi connectivity index (χ3v) is 6.41. The molecule has 0 spiro atoms. The van der Waals surface area contributed by atoms with Crippen LogP contribution in [0.5, 0.6) is 0 Å². The van der Waals surface area contributed by atoms with E-state index in [9.17, 15) is 18.0 Å². The van der Waals surface area contributed by atoms with Gasteiger partial charge in [-0.15, -0.1) is 4.40 Å². The fourth-order valence-electron chi connectivity index (χ4n) is 3.66. The number of hydrogen-bond donors (Lipinski definition) is 2. The van der Waals surface area contributed by atoms with Crippen LogP contribution in [0.4, 0.5) is 5.69 Å². The fourth-order valence-corrected chi connectivity index (χ4v) is 4.88. The van der Waals surface area contributed by atoms with Gasteiger partial charge in [0.2, 0.25) is 5.91 Å². The molecule has 2 aliphatic rings. The molecule has 0 aliphatic carbocycles. The van der Waals surface area contributed by atoms with Gasteiger partial charge in [-0.05, 0) is 49.2 Å². The Morgan fingerprint density at radius 1 is 1.10 bits per heavy atom. The Kier molecular flexibility index (Phi) is 4.83. The zero-order valence-electron chi connectivity index (χ0n) is 15.8. The number of sulfonamides is 1. The van der Waals surface area contributed by atoms with Gasteiger partial charge in [-0.25, -0.2) is 0 Å². The number of fused-ring (bicyclic) bond motifs is 1. The minimum absolute atomic E-state index is 0.172. The molecule has 0 radical (unpaired) electrons. The number of benzene rings is 2. The van der Waals surface area contributed by atoms with Crippen LogP contribution >= 0.6 is 0 Å². The van der Waals surface area contributed by atoms with Crippen molar-refractivity contribution in [2.45, 2.75) is 23.8 Å². The van der Waals surface area contributed by atoms with E-state index in [4.69, 9.17) is 0 Å². The number of nitrogens with one attached hydrogen (secondary N) is 2. The van der Waals surface area contributed by atoms with Crippen molar-refractivity contribution >= 4 is 33.4 Å². The van der Waals surface area contributed by atoms with Crippen molar-refractivity contribution < 1.29 is 18.0 Å². The Morgan fingerprint density at radius 3 is 2.55 bits per heavy atom.